The van der Waals surface area contributed by atoms with Gasteiger partial charge in [0.05, 0.1) is 0 Å². The zero-order valence-corrected chi connectivity index (χ0v) is 9.66. The van der Waals surface area contributed by atoms with Gasteiger partial charge in [0.15, 0.2) is 0 Å². The van der Waals surface area contributed by atoms with Crippen LogP contribution < -0.4 is 10.2 Å². The first kappa shape index (κ1) is 10.5. The number of nitrogens with one attached hydrogen (secondary N) is 1. The van der Waals surface area contributed by atoms with Crippen molar-refractivity contribution >= 4 is 5.69 Å². The molecule has 0 spiro atoms. The van der Waals surface area contributed by atoms with Crippen LogP contribution in [0.1, 0.15) is 25.3 Å². The van der Waals surface area contributed by atoms with Crippen molar-refractivity contribution < 1.29 is 0 Å². The molecular weight excluding hydrogens is 184 g/mol. The second-order valence-electron chi connectivity index (χ2n) is 4.12. The van der Waals surface area contributed by atoms with E-state index in [1.165, 1.54) is 11.3 Å². The van der Waals surface area contributed by atoms with Gasteiger partial charge in [-0.05, 0) is 31.5 Å². The molecule has 0 atom stereocenters. The normalized spacial score (nSPS) is 16.1. The summed E-state index contributed by atoms with van der Waals surface area (Å²) in [6.45, 7) is 8.86. The molecule has 1 aliphatic rings. The van der Waals surface area contributed by atoms with E-state index < -0.39 is 0 Å². The van der Waals surface area contributed by atoms with E-state index in [2.05, 4.69) is 48.3 Å². The third-order valence-electron chi connectivity index (χ3n) is 3.27. The first-order valence-electron chi connectivity index (χ1n) is 5.90. The first-order chi connectivity index (χ1) is 7.35. The highest BCUT2D eigenvalue weighted by molar-refractivity contribution is 5.48. The highest BCUT2D eigenvalue weighted by atomic mass is 15.1. The largest absolute Gasteiger partial charge is 0.372 e. The van der Waals surface area contributed by atoms with Gasteiger partial charge < -0.3 is 10.2 Å². The summed E-state index contributed by atoms with van der Waals surface area (Å²) >= 11 is 0. The Morgan fingerprint density at radius 3 is 2.13 bits per heavy atom. The molecule has 0 amide bonds. The molecule has 1 aromatic carbocycles. The monoisotopic (exact) mass is 204 g/mol. The molecule has 1 aromatic rings. The van der Waals surface area contributed by atoms with Gasteiger partial charge in [-0.3, -0.25) is 0 Å². The number of hydrogen-bond donors (Lipinski definition) is 1. The number of nitrogens with zero attached hydrogens (tertiary/aromatic N) is 1. The lowest BCUT2D eigenvalue weighted by atomic mass is 9.94. The molecule has 0 aromatic heterocycles. The minimum atomic E-state index is 0.746. The van der Waals surface area contributed by atoms with Crippen LogP contribution in [0.5, 0.6) is 0 Å². The van der Waals surface area contributed by atoms with Gasteiger partial charge in [0.25, 0.3) is 0 Å². The van der Waals surface area contributed by atoms with Crippen molar-refractivity contribution in [1.29, 1.82) is 0 Å². The average Bonchev–Trinajstić information content (AvgIpc) is 2.20. The molecule has 2 rings (SSSR count). The van der Waals surface area contributed by atoms with Crippen LogP contribution in [0.15, 0.2) is 24.3 Å². The van der Waals surface area contributed by atoms with Crippen molar-refractivity contribution in [2.45, 2.75) is 19.8 Å². The molecule has 0 radical (unpaired) electrons. The SMILES string of the molecule is CCN(CC)c1ccc(C2CNC2)cc1. The summed E-state index contributed by atoms with van der Waals surface area (Å²) in [6, 6.07) is 9.06. The van der Waals surface area contributed by atoms with Gasteiger partial charge in [0.2, 0.25) is 0 Å². The third kappa shape index (κ3) is 2.15. The lowest BCUT2D eigenvalue weighted by molar-refractivity contribution is 0.448. The molecule has 2 heteroatoms. The number of hydrogen-bond acceptors (Lipinski definition) is 2. The predicted octanol–water partition coefficient (Wildman–Crippen LogP) is 2.22. The van der Waals surface area contributed by atoms with Crippen LogP contribution in [0.2, 0.25) is 0 Å². The minimum Gasteiger partial charge on any atom is -0.372 e. The van der Waals surface area contributed by atoms with Crippen molar-refractivity contribution in [2.75, 3.05) is 31.1 Å². The molecule has 1 heterocycles. The van der Waals surface area contributed by atoms with Gasteiger partial charge in [0.1, 0.15) is 0 Å². The van der Waals surface area contributed by atoms with Gasteiger partial charge in [-0.2, -0.15) is 0 Å². The van der Waals surface area contributed by atoms with Gasteiger partial charge in [0, 0.05) is 37.8 Å². The van der Waals surface area contributed by atoms with Crippen molar-refractivity contribution in [1.82, 2.24) is 5.32 Å². The summed E-state index contributed by atoms with van der Waals surface area (Å²) in [6.07, 6.45) is 0. The van der Waals surface area contributed by atoms with Gasteiger partial charge in [-0.15, -0.1) is 0 Å². The maximum atomic E-state index is 3.31. The molecule has 0 unspecified atom stereocenters. The topological polar surface area (TPSA) is 15.3 Å². The molecule has 1 fully saturated rings. The molecule has 15 heavy (non-hydrogen) atoms. The van der Waals surface area contributed by atoms with Crippen molar-refractivity contribution in [2.24, 2.45) is 0 Å². The van der Waals surface area contributed by atoms with E-state index in [1.807, 2.05) is 0 Å². The summed E-state index contributed by atoms with van der Waals surface area (Å²) < 4.78 is 0. The molecule has 0 saturated carbocycles. The van der Waals surface area contributed by atoms with E-state index in [4.69, 9.17) is 0 Å². The molecular formula is C13H20N2. The zero-order valence-electron chi connectivity index (χ0n) is 9.66. The van der Waals surface area contributed by atoms with E-state index in [0.29, 0.717) is 0 Å². The van der Waals surface area contributed by atoms with E-state index >= 15 is 0 Å². The van der Waals surface area contributed by atoms with Crippen LogP contribution in [-0.4, -0.2) is 26.2 Å². The number of benzene rings is 1. The van der Waals surface area contributed by atoms with E-state index in [9.17, 15) is 0 Å². The van der Waals surface area contributed by atoms with E-state index in [1.54, 1.807) is 0 Å². The van der Waals surface area contributed by atoms with Crippen LogP contribution in [0, 0.1) is 0 Å². The van der Waals surface area contributed by atoms with Crippen molar-refractivity contribution in [3.63, 3.8) is 0 Å². The Bertz CT molecular complexity index is 297. The molecule has 2 nitrogen and oxygen atoms in total. The van der Waals surface area contributed by atoms with Gasteiger partial charge in [-0.1, -0.05) is 12.1 Å². The smallest absolute Gasteiger partial charge is 0.0366 e. The Morgan fingerprint density at radius 1 is 1.13 bits per heavy atom. The van der Waals surface area contributed by atoms with Crippen LogP contribution in [0.4, 0.5) is 5.69 Å². The second-order valence-corrected chi connectivity index (χ2v) is 4.12. The van der Waals surface area contributed by atoms with Crippen LogP contribution in [0.3, 0.4) is 0 Å². The van der Waals surface area contributed by atoms with Crippen LogP contribution >= 0.6 is 0 Å². The standard InChI is InChI=1S/C13H20N2/c1-3-15(4-2)13-7-5-11(6-8-13)12-9-14-10-12/h5-8,12,14H,3-4,9-10H2,1-2H3. The van der Waals surface area contributed by atoms with E-state index in [-0.39, 0.29) is 0 Å². The fourth-order valence-electron chi connectivity index (χ4n) is 2.07. The molecule has 82 valence electrons. The highest BCUT2D eigenvalue weighted by Gasteiger charge is 2.18. The maximum Gasteiger partial charge on any atom is 0.0366 e. The highest BCUT2D eigenvalue weighted by Crippen LogP contribution is 2.22. The fourth-order valence-corrected chi connectivity index (χ4v) is 2.07. The summed E-state index contributed by atoms with van der Waals surface area (Å²) in [5, 5.41) is 3.31. The average molecular weight is 204 g/mol. The minimum absolute atomic E-state index is 0.746. The summed E-state index contributed by atoms with van der Waals surface area (Å²) in [7, 11) is 0. The zero-order chi connectivity index (χ0) is 10.7. The lowest BCUT2D eigenvalue weighted by Crippen LogP contribution is -2.39. The van der Waals surface area contributed by atoms with E-state index in [0.717, 1.165) is 32.1 Å². The molecule has 1 N–H and O–H groups in total. The maximum absolute atomic E-state index is 3.31. The number of anilines is 1. The Labute approximate surface area is 92.3 Å². The molecule has 1 saturated heterocycles. The van der Waals surface area contributed by atoms with Crippen LogP contribution in [0.25, 0.3) is 0 Å². The van der Waals surface area contributed by atoms with Crippen LogP contribution in [-0.2, 0) is 0 Å². The Kier molecular flexibility index (Phi) is 3.27. The number of rotatable bonds is 4. The molecule has 0 aliphatic carbocycles. The predicted molar refractivity (Wildman–Crippen MR) is 65.6 cm³/mol. The van der Waals surface area contributed by atoms with Crippen molar-refractivity contribution in [3.05, 3.63) is 29.8 Å². The molecule has 0 bridgehead atoms. The quantitative estimate of drug-likeness (QED) is 0.809. The molecule has 1 aliphatic heterocycles. The Balaban J connectivity index is 2.08. The fraction of sp³-hybridized carbons (Fsp3) is 0.538. The van der Waals surface area contributed by atoms with Crippen molar-refractivity contribution in [3.8, 4) is 0 Å². The third-order valence-corrected chi connectivity index (χ3v) is 3.27. The summed E-state index contributed by atoms with van der Waals surface area (Å²) in [5.41, 5.74) is 2.82. The Morgan fingerprint density at radius 2 is 1.73 bits per heavy atom. The Hall–Kier alpha value is -1.02. The van der Waals surface area contributed by atoms with Gasteiger partial charge in [-0.25, -0.2) is 0 Å². The second kappa shape index (κ2) is 4.67. The summed E-state index contributed by atoms with van der Waals surface area (Å²) in [4.78, 5) is 2.38. The van der Waals surface area contributed by atoms with Gasteiger partial charge >= 0.3 is 0 Å². The first-order valence-corrected chi connectivity index (χ1v) is 5.90. The lowest BCUT2D eigenvalue weighted by Gasteiger charge is -2.28. The summed E-state index contributed by atoms with van der Waals surface area (Å²) in [5.74, 6) is 0.746.